The highest BCUT2D eigenvalue weighted by Gasteiger charge is 2.30. The zero-order valence-electron chi connectivity index (χ0n) is 15.3. The van der Waals surface area contributed by atoms with Gasteiger partial charge in [-0.1, -0.05) is 6.07 Å². The first-order valence-electron chi connectivity index (χ1n) is 9.18. The molecule has 0 radical (unpaired) electrons. The second kappa shape index (κ2) is 7.36. The first-order valence-corrected chi connectivity index (χ1v) is 9.18. The number of nitrogens with zero attached hydrogens (tertiary/aromatic N) is 5. The molecule has 0 aliphatic carbocycles. The summed E-state index contributed by atoms with van der Waals surface area (Å²) in [6, 6.07) is 9.36. The number of likely N-dealkylation sites (tertiary alicyclic amines) is 1. The smallest absolute Gasteiger partial charge is 0.253 e. The van der Waals surface area contributed by atoms with E-state index in [1.54, 1.807) is 17.1 Å². The average molecular weight is 365 g/mol. The fourth-order valence-electron chi connectivity index (χ4n) is 3.68. The van der Waals surface area contributed by atoms with Crippen LogP contribution in [-0.2, 0) is 7.05 Å². The van der Waals surface area contributed by atoms with E-state index in [1.165, 1.54) is 0 Å². The minimum absolute atomic E-state index is 0.0222. The largest absolute Gasteiger partial charge is 0.385 e. The van der Waals surface area contributed by atoms with Gasteiger partial charge in [0, 0.05) is 50.5 Å². The van der Waals surface area contributed by atoms with E-state index in [-0.39, 0.29) is 11.8 Å². The molecular formula is C20H23N5O2. The third-order valence-electron chi connectivity index (χ3n) is 5.26. The normalized spacial score (nSPS) is 16.4. The lowest BCUT2D eigenvalue weighted by Gasteiger charge is -2.34. The van der Waals surface area contributed by atoms with Gasteiger partial charge in [-0.25, -0.2) is 9.67 Å². The fourth-order valence-corrected chi connectivity index (χ4v) is 3.68. The van der Waals surface area contributed by atoms with Crippen LogP contribution in [0.25, 0.3) is 5.69 Å². The van der Waals surface area contributed by atoms with Crippen molar-refractivity contribution in [1.82, 2.24) is 24.2 Å². The molecule has 3 aromatic rings. The molecular weight excluding hydrogens is 342 g/mol. The van der Waals surface area contributed by atoms with Crippen molar-refractivity contribution < 1.29 is 9.90 Å². The highest BCUT2D eigenvalue weighted by molar-refractivity contribution is 5.94. The molecule has 1 aliphatic heterocycles. The Labute approximate surface area is 157 Å². The van der Waals surface area contributed by atoms with Gasteiger partial charge in [-0.05, 0) is 43.0 Å². The van der Waals surface area contributed by atoms with Gasteiger partial charge in [-0.15, -0.1) is 0 Å². The topological polar surface area (TPSA) is 76.2 Å². The average Bonchev–Trinajstić information content (AvgIpc) is 3.39. The lowest BCUT2D eigenvalue weighted by Crippen LogP contribution is -2.40. The summed E-state index contributed by atoms with van der Waals surface area (Å²) in [6.45, 7) is 1.27. The predicted octanol–water partition coefficient (Wildman–Crippen LogP) is 2.19. The van der Waals surface area contributed by atoms with E-state index in [0.29, 0.717) is 24.5 Å². The van der Waals surface area contributed by atoms with E-state index in [2.05, 4.69) is 10.1 Å². The molecule has 0 unspecified atom stereocenters. The van der Waals surface area contributed by atoms with Crippen molar-refractivity contribution in [3.8, 4) is 5.69 Å². The highest BCUT2D eigenvalue weighted by Crippen LogP contribution is 2.30. The number of piperidine rings is 1. The summed E-state index contributed by atoms with van der Waals surface area (Å²) in [7, 11) is 1.89. The van der Waals surface area contributed by atoms with Crippen molar-refractivity contribution in [3.05, 3.63) is 66.5 Å². The van der Waals surface area contributed by atoms with Crippen LogP contribution in [0.5, 0.6) is 0 Å². The van der Waals surface area contributed by atoms with Gasteiger partial charge >= 0.3 is 0 Å². The quantitative estimate of drug-likeness (QED) is 0.769. The van der Waals surface area contributed by atoms with Crippen molar-refractivity contribution in [2.45, 2.75) is 18.9 Å². The molecule has 7 nitrogen and oxygen atoms in total. The van der Waals surface area contributed by atoms with Gasteiger partial charge in [-0.3, -0.25) is 4.79 Å². The summed E-state index contributed by atoms with van der Waals surface area (Å²) < 4.78 is 3.59. The van der Waals surface area contributed by atoms with Gasteiger partial charge in [0.25, 0.3) is 5.91 Å². The Balaban J connectivity index is 1.42. The van der Waals surface area contributed by atoms with E-state index in [0.717, 1.165) is 18.5 Å². The summed E-state index contributed by atoms with van der Waals surface area (Å²) in [6.07, 6.45) is 8.04. The number of aryl methyl sites for hydroxylation is 1. The van der Waals surface area contributed by atoms with Gasteiger partial charge in [0.2, 0.25) is 0 Å². The Bertz CT molecular complexity index is 910. The molecule has 1 atom stereocenters. The monoisotopic (exact) mass is 365 g/mol. The summed E-state index contributed by atoms with van der Waals surface area (Å²) in [5.41, 5.74) is 1.53. The number of amides is 1. The van der Waals surface area contributed by atoms with Gasteiger partial charge in [0.15, 0.2) is 0 Å². The van der Waals surface area contributed by atoms with E-state index < -0.39 is 6.10 Å². The molecule has 0 bridgehead atoms. The number of aliphatic hydroxyl groups excluding tert-OH is 1. The molecule has 3 heterocycles. The van der Waals surface area contributed by atoms with E-state index in [9.17, 15) is 9.90 Å². The summed E-state index contributed by atoms with van der Waals surface area (Å²) in [5.74, 6) is 0.825. The van der Waals surface area contributed by atoms with Crippen molar-refractivity contribution in [2.75, 3.05) is 13.1 Å². The van der Waals surface area contributed by atoms with Gasteiger partial charge in [0.05, 0.1) is 5.69 Å². The number of hydrogen-bond acceptors (Lipinski definition) is 4. The molecule has 1 saturated heterocycles. The number of aliphatic hydroxyl groups is 1. The van der Waals surface area contributed by atoms with Crippen molar-refractivity contribution in [3.63, 3.8) is 0 Å². The van der Waals surface area contributed by atoms with Crippen LogP contribution in [-0.4, -0.2) is 48.3 Å². The molecule has 1 amide bonds. The number of carbonyl (C=O) groups excluding carboxylic acids is 1. The van der Waals surface area contributed by atoms with Crippen molar-refractivity contribution in [1.29, 1.82) is 0 Å². The standard InChI is InChI=1S/C20H23N5O2/c1-23-13-9-21-19(23)18(26)15-6-11-24(12-7-15)20(27)16-4-2-5-17(14-16)25-10-3-8-22-25/h2-5,8-10,13-15,18,26H,6-7,11-12H2,1H3/t18-/m1/s1. The van der Waals surface area contributed by atoms with Gasteiger partial charge in [0.1, 0.15) is 11.9 Å². The Morgan fingerprint density at radius 3 is 2.67 bits per heavy atom. The van der Waals surface area contributed by atoms with Crippen LogP contribution in [0.2, 0.25) is 0 Å². The van der Waals surface area contributed by atoms with Crippen LogP contribution in [0.15, 0.2) is 55.1 Å². The molecule has 0 saturated carbocycles. The Morgan fingerprint density at radius 2 is 2.00 bits per heavy atom. The SMILES string of the molecule is Cn1ccnc1[C@H](O)C1CCN(C(=O)c2cccc(-n3cccn3)c2)CC1. The summed E-state index contributed by atoms with van der Waals surface area (Å²) in [4.78, 5) is 19.0. The third-order valence-corrected chi connectivity index (χ3v) is 5.26. The summed E-state index contributed by atoms with van der Waals surface area (Å²) in [5, 5.41) is 14.8. The minimum atomic E-state index is -0.592. The third kappa shape index (κ3) is 3.50. The van der Waals surface area contributed by atoms with E-state index in [1.807, 2.05) is 59.2 Å². The molecule has 1 aromatic carbocycles. The predicted molar refractivity (Wildman–Crippen MR) is 100 cm³/mol. The second-order valence-corrected chi connectivity index (χ2v) is 6.97. The molecule has 1 N–H and O–H groups in total. The number of rotatable bonds is 4. The lowest BCUT2D eigenvalue weighted by atomic mass is 9.90. The Kier molecular flexibility index (Phi) is 4.77. The number of hydrogen-bond donors (Lipinski definition) is 1. The molecule has 27 heavy (non-hydrogen) atoms. The Hall–Kier alpha value is -2.93. The molecule has 140 valence electrons. The number of imidazole rings is 1. The first-order chi connectivity index (χ1) is 13.1. The van der Waals surface area contributed by atoms with Crippen LogP contribution in [0.3, 0.4) is 0 Å². The lowest BCUT2D eigenvalue weighted by molar-refractivity contribution is 0.0420. The second-order valence-electron chi connectivity index (χ2n) is 6.97. The zero-order valence-corrected chi connectivity index (χ0v) is 15.3. The molecule has 4 rings (SSSR count). The minimum Gasteiger partial charge on any atom is -0.385 e. The van der Waals surface area contributed by atoms with E-state index >= 15 is 0 Å². The Morgan fingerprint density at radius 1 is 1.19 bits per heavy atom. The van der Waals surface area contributed by atoms with Crippen LogP contribution in [0, 0.1) is 5.92 Å². The van der Waals surface area contributed by atoms with Crippen molar-refractivity contribution in [2.24, 2.45) is 13.0 Å². The van der Waals surface area contributed by atoms with Crippen molar-refractivity contribution >= 4 is 5.91 Å². The maximum Gasteiger partial charge on any atom is 0.253 e. The first kappa shape index (κ1) is 17.5. The van der Waals surface area contributed by atoms with Crippen LogP contribution in [0.1, 0.15) is 35.1 Å². The molecule has 1 aliphatic rings. The number of benzene rings is 1. The van der Waals surface area contributed by atoms with E-state index in [4.69, 9.17) is 0 Å². The maximum absolute atomic E-state index is 12.9. The van der Waals surface area contributed by atoms with Crippen LogP contribution < -0.4 is 0 Å². The van der Waals surface area contributed by atoms with Crippen LogP contribution >= 0.6 is 0 Å². The highest BCUT2D eigenvalue weighted by atomic mass is 16.3. The molecule has 1 fully saturated rings. The van der Waals surface area contributed by atoms with Gasteiger partial charge < -0.3 is 14.6 Å². The molecule has 7 heteroatoms. The number of carbonyl (C=O) groups is 1. The summed E-state index contributed by atoms with van der Waals surface area (Å²) >= 11 is 0. The van der Waals surface area contributed by atoms with Gasteiger partial charge in [-0.2, -0.15) is 5.10 Å². The van der Waals surface area contributed by atoms with Crippen LogP contribution in [0.4, 0.5) is 0 Å². The molecule has 2 aromatic heterocycles. The fraction of sp³-hybridized carbons (Fsp3) is 0.350. The number of aromatic nitrogens is 4. The maximum atomic E-state index is 12.9. The zero-order chi connectivity index (χ0) is 18.8. The molecule has 0 spiro atoms.